The van der Waals surface area contributed by atoms with Crippen LogP contribution in [0.1, 0.15) is 58.3 Å². The highest BCUT2D eigenvalue weighted by Gasteiger charge is 2.31. The van der Waals surface area contributed by atoms with E-state index in [1.165, 1.54) is 51.4 Å². The zero-order chi connectivity index (χ0) is 9.97. The van der Waals surface area contributed by atoms with Gasteiger partial charge in [0.25, 0.3) is 0 Å². The molecule has 1 unspecified atom stereocenters. The van der Waals surface area contributed by atoms with Crippen LogP contribution < -0.4 is 0 Å². The maximum atomic E-state index is 10.3. The molecule has 2 rings (SSSR count). The van der Waals surface area contributed by atoms with Crippen LogP contribution in [0.5, 0.6) is 0 Å². The van der Waals surface area contributed by atoms with Crippen LogP contribution in [-0.4, -0.2) is 11.2 Å². The lowest BCUT2D eigenvalue weighted by Crippen LogP contribution is -2.30. The van der Waals surface area contributed by atoms with Gasteiger partial charge < -0.3 is 5.11 Å². The van der Waals surface area contributed by atoms with Crippen molar-refractivity contribution in [2.24, 2.45) is 17.8 Å². The first-order chi connectivity index (χ1) is 6.77. The molecule has 0 bridgehead atoms. The first-order valence-electron chi connectivity index (χ1n) is 6.45. The van der Waals surface area contributed by atoms with Gasteiger partial charge in [-0.05, 0) is 43.4 Å². The topological polar surface area (TPSA) is 20.2 Å². The van der Waals surface area contributed by atoms with E-state index in [2.05, 4.69) is 6.92 Å². The van der Waals surface area contributed by atoms with Gasteiger partial charge in [0.15, 0.2) is 0 Å². The van der Waals surface area contributed by atoms with Gasteiger partial charge in [0.1, 0.15) is 0 Å². The summed E-state index contributed by atoms with van der Waals surface area (Å²) in [6.45, 7) is 2.35. The van der Waals surface area contributed by atoms with E-state index >= 15 is 0 Å². The second-order valence-electron chi connectivity index (χ2n) is 5.56. The highest BCUT2D eigenvalue weighted by molar-refractivity contribution is 4.83. The molecule has 0 aromatic heterocycles. The molecule has 0 radical (unpaired) electrons. The molecular weight excluding hydrogens is 172 g/mol. The molecule has 2 saturated carbocycles. The van der Waals surface area contributed by atoms with E-state index in [1.54, 1.807) is 0 Å². The third-order valence-electron chi connectivity index (χ3n) is 4.43. The summed E-state index contributed by atoms with van der Waals surface area (Å²) in [5, 5.41) is 10.3. The summed E-state index contributed by atoms with van der Waals surface area (Å²) in [6.07, 6.45) is 10.5. The molecule has 0 aliphatic heterocycles. The average Bonchev–Trinajstić information content (AvgIpc) is 2.71. The summed E-state index contributed by atoms with van der Waals surface area (Å²) in [5.74, 6) is 2.18. The van der Waals surface area contributed by atoms with Gasteiger partial charge in [-0.1, -0.05) is 32.6 Å². The van der Waals surface area contributed by atoms with Gasteiger partial charge in [-0.15, -0.1) is 0 Å². The Morgan fingerprint density at radius 2 is 1.36 bits per heavy atom. The molecule has 1 atom stereocenters. The molecule has 0 aromatic carbocycles. The third kappa shape index (κ3) is 2.31. The SMILES string of the molecule is CC1CCC(C(O)C2CCCC2)CC1. The lowest BCUT2D eigenvalue weighted by molar-refractivity contribution is 0.0294. The molecule has 0 heterocycles. The van der Waals surface area contributed by atoms with E-state index in [4.69, 9.17) is 0 Å². The highest BCUT2D eigenvalue weighted by atomic mass is 16.3. The Kier molecular flexibility index (Phi) is 3.48. The Labute approximate surface area is 87.9 Å². The van der Waals surface area contributed by atoms with Crippen LogP contribution in [0.25, 0.3) is 0 Å². The van der Waals surface area contributed by atoms with Gasteiger partial charge in [-0.3, -0.25) is 0 Å². The van der Waals surface area contributed by atoms with Gasteiger partial charge in [0, 0.05) is 0 Å². The van der Waals surface area contributed by atoms with Crippen LogP contribution in [0, 0.1) is 17.8 Å². The van der Waals surface area contributed by atoms with Crippen LogP contribution in [0.3, 0.4) is 0 Å². The molecule has 0 amide bonds. The fourth-order valence-corrected chi connectivity index (χ4v) is 3.31. The van der Waals surface area contributed by atoms with Gasteiger partial charge in [0.05, 0.1) is 6.10 Å². The number of aliphatic hydroxyl groups excluding tert-OH is 1. The number of hydrogen-bond acceptors (Lipinski definition) is 1. The minimum atomic E-state index is 0.0324. The Bertz CT molecular complexity index is 164. The fraction of sp³-hybridized carbons (Fsp3) is 1.00. The monoisotopic (exact) mass is 196 g/mol. The summed E-state index contributed by atoms with van der Waals surface area (Å²) in [5.41, 5.74) is 0. The Morgan fingerprint density at radius 1 is 0.857 bits per heavy atom. The molecule has 14 heavy (non-hydrogen) atoms. The molecule has 1 N–H and O–H groups in total. The van der Waals surface area contributed by atoms with E-state index in [9.17, 15) is 5.11 Å². The second kappa shape index (κ2) is 4.65. The quantitative estimate of drug-likeness (QED) is 0.718. The molecular formula is C13H24O. The van der Waals surface area contributed by atoms with Gasteiger partial charge >= 0.3 is 0 Å². The van der Waals surface area contributed by atoms with Crippen LogP contribution in [0.15, 0.2) is 0 Å². The van der Waals surface area contributed by atoms with Crippen molar-refractivity contribution in [2.75, 3.05) is 0 Å². The van der Waals surface area contributed by atoms with Crippen LogP contribution in [-0.2, 0) is 0 Å². The largest absolute Gasteiger partial charge is 0.393 e. The van der Waals surface area contributed by atoms with E-state index in [-0.39, 0.29) is 6.10 Å². The van der Waals surface area contributed by atoms with Crippen LogP contribution in [0.2, 0.25) is 0 Å². The number of rotatable bonds is 2. The summed E-state index contributed by atoms with van der Waals surface area (Å²) in [6, 6.07) is 0. The Balaban J connectivity index is 1.82. The fourth-order valence-electron chi connectivity index (χ4n) is 3.31. The lowest BCUT2D eigenvalue weighted by atomic mass is 9.76. The molecule has 0 saturated heterocycles. The van der Waals surface area contributed by atoms with Crippen molar-refractivity contribution in [1.29, 1.82) is 0 Å². The van der Waals surface area contributed by atoms with Crippen molar-refractivity contribution >= 4 is 0 Å². The number of aliphatic hydroxyl groups is 1. The van der Waals surface area contributed by atoms with Crippen LogP contribution in [0.4, 0.5) is 0 Å². The van der Waals surface area contributed by atoms with Crippen LogP contribution >= 0.6 is 0 Å². The van der Waals surface area contributed by atoms with Gasteiger partial charge in [-0.25, -0.2) is 0 Å². The van der Waals surface area contributed by atoms with Crippen molar-refractivity contribution in [2.45, 2.75) is 64.4 Å². The molecule has 2 fully saturated rings. The predicted octanol–water partition coefficient (Wildman–Crippen LogP) is 3.36. The summed E-state index contributed by atoms with van der Waals surface area (Å²) >= 11 is 0. The second-order valence-corrected chi connectivity index (χ2v) is 5.56. The maximum Gasteiger partial charge on any atom is 0.0596 e. The van der Waals surface area contributed by atoms with Crippen molar-refractivity contribution in [3.05, 3.63) is 0 Å². The van der Waals surface area contributed by atoms with Crippen molar-refractivity contribution < 1.29 is 5.11 Å². The van der Waals surface area contributed by atoms with Crippen molar-refractivity contribution in [3.8, 4) is 0 Å². The summed E-state index contributed by atoms with van der Waals surface area (Å²) in [4.78, 5) is 0. The first-order valence-corrected chi connectivity index (χ1v) is 6.45. The highest BCUT2D eigenvalue weighted by Crippen LogP contribution is 2.37. The summed E-state index contributed by atoms with van der Waals surface area (Å²) < 4.78 is 0. The minimum absolute atomic E-state index is 0.0324. The Morgan fingerprint density at radius 3 is 1.93 bits per heavy atom. The lowest BCUT2D eigenvalue weighted by Gasteiger charge is -2.32. The molecule has 0 spiro atoms. The first kappa shape index (κ1) is 10.5. The maximum absolute atomic E-state index is 10.3. The third-order valence-corrected chi connectivity index (χ3v) is 4.43. The standard InChI is InChI=1S/C13H24O/c1-10-6-8-12(9-7-10)13(14)11-4-2-3-5-11/h10-14H,2-9H2,1H3. The minimum Gasteiger partial charge on any atom is -0.393 e. The molecule has 2 aliphatic rings. The molecule has 82 valence electrons. The van der Waals surface area contributed by atoms with Gasteiger partial charge in [0.2, 0.25) is 0 Å². The Hall–Kier alpha value is -0.0400. The van der Waals surface area contributed by atoms with E-state index in [1.807, 2.05) is 0 Å². The molecule has 2 aliphatic carbocycles. The zero-order valence-electron chi connectivity index (χ0n) is 9.41. The average molecular weight is 196 g/mol. The van der Waals surface area contributed by atoms with Crippen molar-refractivity contribution in [3.63, 3.8) is 0 Å². The van der Waals surface area contributed by atoms with E-state index < -0.39 is 0 Å². The predicted molar refractivity (Wildman–Crippen MR) is 59.1 cm³/mol. The normalized spacial score (nSPS) is 37.3. The van der Waals surface area contributed by atoms with Gasteiger partial charge in [-0.2, -0.15) is 0 Å². The summed E-state index contributed by atoms with van der Waals surface area (Å²) in [7, 11) is 0. The molecule has 1 nitrogen and oxygen atoms in total. The van der Waals surface area contributed by atoms with E-state index in [0.29, 0.717) is 11.8 Å². The number of hydrogen-bond donors (Lipinski definition) is 1. The molecule has 0 aromatic rings. The van der Waals surface area contributed by atoms with Crippen molar-refractivity contribution in [1.82, 2.24) is 0 Å². The van der Waals surface area contributed by atoms with E-state index in [0.717, 1.165) is 5.92 Å². The molecule has 1 heteroatoms. The smallest absolute Gasteiger partial charge is 0.0596 e. The zero-order valence-corrected chi connectivity index (χ0v) is 9.41.